The molecule has 0 aromatic heterocycles. The van der Waals surface area contributed by atoms with E-state index < -0.39 is 179 Å². The first kappa shape index (κ1) is 84.3. The number of rotatable bonds is 18. The monoisotopic (exact) mass is 1320 g/mol. The molecule has 6 N–H and O–H groups in total. The van der Waals surface area contributed by atoms with Gasteiger partial charge in [-0.3, -0.25) is 57.5 Å². The quantitative estimate of drug-likeness (QED) is 0.0849. The average Bonchev–Trinajstić information content (AvgIpc) is 0.817. The summed E-state index contributed by atoms with van der Waals surface area (Å²) in [5.41, 5.74) is -1.65. The largest absolute Gasteiger partial charge is 0.469 e. The van der Waals surface area contributed by atoms with Crippen molar-refractivity contribution >= 4 is 70.9 Å². The third-order valence-electron chi connectivity index (χ3n) is 17.6. The Morgan fingerprint density at radius 1 is 0.505 bits per heavy atom. The average molecular weight is 1320 g/mol. The van der Waals surface area contributed by atoms with Crippen molar-refractivity contribution in [2.45, 2.75) is 248 Å². The SMILES string of the molecule is C/C=C/C[C@@H](C)[C@@H](O)[C@H]1C(=O)N[C@@H](CC)C(=O)N(C)C(CC(C)C(=O)OC)C(=O)N(C)[C@@H](CC(C)(C)O)C(=O)N[C@@H](C(C)C)C(=O)N(C)[C@@H](CC(C)C)C(=O)N[C@@H](C)C(=O)N[C@H](C)C(=O)N(C)[C@@H](CC(C)C)C(=O)N(C)[C@@H](CC(C)C)C(=O)N(C)[C@@H](C(C)C)C(=O)N1C. The highest BCUT2D eigenvalue weighted by Gasteiger charge is 2.47. The van der Waals surface area contributed by atoms with Gasteiger partial charge in [0.05, 0.1) is 24.7 Å². The van der Waals surface area contributed by atoms with Crippen molar-refractivity contribution in [3.05, 3.63) is 12.2 Å². The van der Waals surface area contributed by atoms with Gasteiger partial charge >= 0.3 is 5.97 Å². The highest BCUT2D eigenvalue weighted by Crippen LogP contribution is 2.27. The number of allylic oxidation sites excluding steroid dienone is 2. The number of nitrogens with one attached hydrogen (secondary N) is 4. The molecule has 26 nitrogen and oxygen atoms in total. The van der Waals surface area contributed by atoms with Crippen molar-refractivity contribution in [3.63, 3.8) is 0 Å². The molecule has 1 aliphatic rings. The molecule has 11 amide bonds. The molecule has 0 aromatic carbocycles. The standard InChI is InChI=1S/C67H119N11O15/c1-27-29-30-41(13)54(79)53-58(83)70-45(28-2)60(85)74(21)49(34-42(14)66(91)93-26)62(87)76(23)50(35-67(17,18)92)57(82)71-51(39(9)10)64(89)72(19)46(31-36(3)4)56(81)68-43(15)55(80)69-44(16)59(84)73(20)47(32-37(5)6)61(86)75(22)48(33-38(7)8)63(88)77(24)52(40(11)12)65(90)78(53)25/h27,29,36-54,79,92H,28,30-35H2,1-26H3,(H,68,81)(H,69,80)(H,70,83)(H,71,82)/b29-27+/t41-,42?,43+,44-,45+,46+,47+,48+,49?,50+,51+,52+,53+,54-/m1/s1. The number of ether oxygens (including phenoxy) is 1. The molecule has 0 spiro atoms. The second-order valence-electron chi connectivity index (χ2n) is 28.4. The van der Waals surface area contributed by atoms with E-state index in [-0.39, 0.29) is 56.3 Å². The molecule has 0 bridgehead atoms. The fourth-order valence-electron chi connectivity index (χ4n) is 11.7. The third-order valence-corrected chi connectivity index (χ3v) is 17.6. The van der Waals surface area contributed by atoms with Crippen LogP contribution in [-0.4, -0.2) is 250 Å². The van der Waals surface area contributed by atoms with Gasteiger partial charge in [-0.05, 0) is 109 Å². The van der Waals surface area contributed by atoms with Gasteiger partial charge in [-0.1, -0.05) is 102 Å². The molecular formula is C67H119N11O15. The maximum absolute atomic E-state index is 15.3. The van der Waals surface area contributed by atoms with Gasteiger partial charge in [0.1, 0.15) is 66.5 Å². The molecule has 1 heterocycles. The summed E-state index contributed by atoms with van der Waals surface area (Å²) in [5.74, 6) is -12.9. The summed E-state index contributed by atoms with van der Waals surface area (Å²) in [5, 5.41) is 34.4. The summed E-state index contributed by atoms with van der Waals surface area (Å²) in [4.78, 5) is 185. The van der Waals surface area contributed by atoms with Crippen LogP contribution in [0, 0.1) is 41.4 Å². The van der Waals surface area contributed by atoms with Gasteiger partial charge in [-0.2, -0.15) is 0 Å². The molecule has 0 saturated carbocycles. The molecule has 1 aliphatic heterocycles. The van der Waals surface area contributed by atoms with Crippen LogP contribution in [0.2, 0.25) is 0 Å². The smallest absolute Gasteiger partial charge is 0.308 e. The van der Waals surface area contributed by atoms with E-state index in [9.17, 15) is 39.0 Å². The van der Waals surface area contributed by atoms with E-state index in [4.69, 9.17) is 4.74 Å². The van der Waals surface area contributed by atoms with Gasteiger partial charge in [0.25, 0.3) is 0 Å². The Kier molecular flexibility index (Phi) is 33.9. The lowest BCUT2D eigenvalue weighted by Crippen LogP contribution is -2.64. The van der Waals surface area contributed by atoms with E-state index in [2.05, 4.69) is 21.3 Å². The number of aliphatic hydroxyl groups is 2. The van der Waals surface area contributed by atoms with Gasteiger partial charge in [0, 0.05) is 55.8 Å². The van der Waals surface area contributed by atoms with E-state index in [1.807, 2.05) is 41.5 Å². The first-order valence-corrected chi connectivity index (χ1v) is 33.0. The number of likely N-dealkylation sites (N-methyl/N-ethyl adjacent to an activating group) is 7. The van der Waals surface area contributed by atoms with Crippen molar-refractivity contribution in [2.75, 3.05) is 56.4 Å². The minimum absolute atomic E-state index is 0.0886. The minimum atomic E-state index is -1.72. The topological polar surface area (TPSA) is 325 Å². The number of amides is 11. The van der Waals surface area contributed by atoms with Gasteiger partial charge in [0.2, 0.25) is 65.0 Å². The zero-order chi connectivity index (χ0) is 72.3. The molecule has 1 rings (SSSR count). The molecule has 0 aromatic rings. The summed E-state index contributed by atoms with van der Waals surface area (Å²) in [6.07, 6.45) is 1.60. The first-order valence-electron chi connectivity index (χ1n) is 33.0. The Balaban J connectivity index is 4.61. The Morgan fingerprint density at radius 3 is 1.35 bits per heavy atom. The van der Waals surface area contributed by atoms with Crippen LogP contribution in [0.4, 0.5) is 0 Å². The van der Waals surface area contributed by atoms with Crippen LogP contribution in [-0.2, 0) is 62.3 Å². The fourth-order valence-corrected chi connectivity index (χ4v) is 11.7. The predicted molar refractivity (Wildman–Crippen MR) is 355 cm³/mol. The zero-order valence-electron chi connectivity index (χ0n) is 60.9. The van der Waals surface area contributed by atoms with Crippen LogP contribution >= 0.6 is 0 Å². The molecule has 26 heteroatoms. The van der Waals surface area contributed by atoms with Crippen LogP contribution in [0.1, 0.15) is 170 Å². The van der Waals surface area contributed by atoms with Crippen molar-refractivity contribution < 1.29 is 72.5 Å². The molecule has 2 unspecified atom stereocenters. The van der Waals surface area contributed by atoms with Crippen LogP contribution in [0.15, 0.2) is 12.2 Å². The predicted octanol–water partition coefficient (Wildman–Crippen LogP) is 2.95. The Labute approximate surface area is 554 Å². The third kappa shape index (κ3) is 23.6. The van der Waals surface area contributed by atoms with E-state index >= 15 is 28.8 Å². The van der Waals surface area contributed by atoms with Crippen molar-refractivity contribution in [2.24, 2.45) is 41.4 Å². The summed E-state index contributed by atoms with van der Waals surface area (Å²) in [7, 11) is 10.6. The summed E-state index contributed by atoms with van der Waals surface area (Å²) >= 11 is 0. The van der Waals surface area contributed by atoms with Gasteiger partial charge < -0.3 is 70.5 Å². The Bertz CT molecular complexity index is 2610. The van der Waals surface area contributed by atoms with Gasteiger partial charge in [-0.15, -0.1) is 0 Å². The number of hydrogen-bond acceptors (Lipinski definition) is 15. The summed E-state index contributed by atoms with van der Waals surface area (Å²) in [6.45, 7) is 29.9. The van der Waals surface area contributed by atoms with Gasteiger partial charge in [-0.25, -0.2) is 0 Å². The summed E-state index contributed by atoms with van der Waals surface area (Å²) in [6, 6.07) is -15.1. The number of nitrogens with zero attached hydrogens (tertiary/aromatic N) is 7. The molecule has 0 aliphatic carbocycles. The van der Waals surface area contributed by atoms with Crippen molar-refractivity contribution in [1.29, 1.82) is 0 Å². The Hall–Kier alpha value is -6.70. The summed E-state index contributed by atoms with van der Waals surface area (Å²) < 4.78 is 5.03. The highest BCUT2D eigenvalue weighted by atomic mass is 16.5. The molecule has 0 radical (unpaired) electrons. The van der Waals surface area contributed by atoms with Crippen LogP contribution in [0.25, 0.3) is 0 Å². The first-order chi connectivity index (χ1) is 42.8. The van der Waals surface area contributed by atoms with E-state index in [0.717, 1.165) is 26.7 Å². The Morgan fingerprint density at radius 2 is 0.914 bits per heavy atom. The fraction of sp³-hybridized carbons (Fsp3) is 0.791. The van der Waals surface area contributed by atoms with E-state index in [1.54, 1.807) is 60.6 Å². The number of hydrogen-bond donors (Lipinski definition) is 6. The van der Waals surface area contributed by atoms with Crippen LogP contribution in [0.5, 0.6) is 0 Å². The number of esters is 1. The lowest BCUT2D eigenvalue weighted by molar-refractivity contribution is -0.157. The second-order valence-corrected chi connectivity index (χ2v) is 28.4. The number of aliphatic hydroxyl groups excluding tert-OH is 1. The van der Waals surface area contributed by atoms with Gasteiger partial charge in [0.15, 0.2) is 0 Å². The normalized spacial score (nSPS) is 26.8. The molecule has 532 valence electrons. The number of carbonyl (C=O) groups is 12. The minimum Gasteiger partial charge on any atom is -0.469 e. The zero-order valence-corrected chi connectivity index (χ0v) is 60.9. The maximum atomic E-state index is 15.3. The molecular weight excluding hydrogens is 1200 g/mol. The highest BCUT2D eigenvalue weighted by molar-refractivity contribution is 6.00. The van der Waals surface area contributed by atoms with Crippen molar-refractivity contribution in [3.8, 4) is 0 Å². The van der Waals surface area contributed by atoms with Crippen LogP contribution in [0.3, 0.4) is 0 Å². The second kappa shape index (κ2) is 37.4. The lowest BCUT2D eigenvalue weighted by Gasteiger charge is -2.41. The lowest BCUT2D eigenvalue weighted by atomic mass is 9.91. The number of methoxy groups -OCH3 is 1. The maximum Gasteiger partial charge on any atom is 0.308 e. The van der Waals surface area contributed by atoms with Crippen LogP contribution < -0.4 is 21.3 Å². The van der Waals surface area contributed by atoms with Crippen molar-refractivity contribution in [1.82, 2.24) is 55.6 Å². The molecule has 1 fully saturated rings. The molecule has 93 heavy (non-hydrogen) atoms. The number of carbonyl (C=O) groups excluding carboxylic acids is 12. The van der Waals surface area contributed by atoms with E-state index in [0.29, 0.717) is 0 Å². The van der Waals surface area contributed by atoms with E-state index in [1.165, 1.54) is 98.7 Å². The molecule has 1 saturated heterocycles. The molecule has 14 atom stereocenters.